The number of nitrogens with zero attached hydrogens (tertiary/aromatic N) is 1. The van der Waals surface area contributed by atoms with Crippen LogP contribution in [0.5, 0.6) is 0 Å². The summed E-state index contributed by atoms with van der Waals surface area (Å²) in [5.41, 5.74) is 1.69. The molecule has 0 spiro atoms. The summed E-state index contributed by atoms with van der Waals surface area (Å²) in [5, 5.41) is 5.53. The van der Waals surface area contributed by atoms with Crippen LogP contribution in [0.1, 0.15) is 40.1 Å². The monoisotopic (exact) mass is 386 g/mol. The highest BCUT2D eigenvalue weighted by Crippen LogP contribution is 2.22. The number of likely N-dealkylation sites (tertiary alicyclic amines) is 1. The molecule has 1 saturated heterocycles. The second kappa shape index (κ2) is 9.67. The third kappa shape index (κ3) is 5.40. The van der Waals surface area contributed by atoms with Crippen LogP contribution in [-0.4, -0.2) is 43.0 Å². The standard InChI is InChI=1S/C21H26N2O3S/c1-26-21(25)17-6-4-16(5-7-17)15-22-12-10-18-8-9-20(24)23(18)13-11-19-3-2-14-27-19/h2-7,14,18,22H,8-13,15H2,1H3/t18-/m1/s1. The lowest BCUT2D eigenvalue weighted by Crippen LogP contribution is -2.36. The number of esters is 1. The molecule has 1 aromatic carbocycles. The molecular formula is C21H26N2O3S. The first-order chi connectivity index (χ1) is 13.2. The normalized spacial score (nSPS) is 16.7. The van der Waals surface area contributed by atoms with E-state index in [4.69, 9.17) is 4.74 Å². The van der Waals surface area contributed by atoms with Gasteiger partial charge in [-0.25, -0.2) is 4.79 Å². The summed E-state index contributed by atoms with van der Waals surface area (Å²) in [7, 11) is 1.38. The van der Waals surface area contributed by atoms with Crippen LogP contribution < -0.4 is 5.32 Å². The van der Waals surface area contributed by atoms with Crippen LogP contribution in [0, 0.1) is 0 Å². The number of amides is 1. The summed E-state index contributed by atoms with van der Waals surface area (Å²) in [6, 6.07) is 12.0. The smallest absolute Gasteiger partial charge is 0.337 e. The number of thiophene rings is 1. The Morgan fingerprint density at radius 2 is 2.11 bits per heavy atom. The minimum Gasteiger partial charge on any atom is -0.465 e. The number of hydrogen-bond acceptors (Lipinski definition) is 5. The SMILES string of the molecule is COC(=O)c1ccc(CNCC[C@H]2CCC(=O)N2CCc2cccs2)cc1. The lowest BCUT2D eigenvalue weighted by molar-refractivity contribution is -0.129. The van der Waals surface area contributed by atoms with E-state index in [1.165, 1.54) is 12.0 Å². The van der Waals surface area contributed by atoms with Gasteiger partial charge in [0.15, 0.2) is 0 Å². The van der Waals surface area contributed by atoms with Gasteiger partial charge in [-0.1, -0.05) is 18.2 Å². The molecule has 0 saturated carbocycles. The lowest BCUT2D eigenvalue weighted by atomic mass is 10.1. The van der Waals surface area contributed by atoms with Gasteiger partial charge < -0.3 is 15.0 Å². The molecule has 1 aromatic heterocycles. The number of methoxy groups -OCH3 is 1. The molecule has 1 atom stereocenters. The second-order valence-electron chi connectivity index (χ2n) is 6.76. The highest BCUT2D eigenvalue weighted by molar-refractivity contribution is 7.09. The largest absolute Gasteiger partial charge is 0.465 e. The number of rotatable bonds is 9. The third-order valence-electron chi connectivity index (χ3n) is 4.99. The van der Waals surface area contributed by atoms with Crippen molar-refractivity contribution >= 4 is 23.2 Å². The van der Waals surface area contributed by atoms with Crippen molar-refractivity contribution < 1.29 is 14.3 Å². The Kier molecular flexibility index (Phi) is 7.01. The van der Waals surface area contributed by atoms with Crippen LogP contribution in [0.3, 0.4) is 0 Å². The van der Waals surface area contributed by atoms with Gasteiger partial charge in [0.1, 0.15) is 0 Å². The van der Waals surface area contributed by atoms with E-state index in [0.29, 0.717) is 18.0 Å². The maximum atomic E-state index is 12.2. The van der Waals surface area contributed by atoms with Crippen LogP contribution in [-0.2, 0) is 22.5 Å². The first kappa shape index (κ1) is 19.6. The molecule has 1 aliphatic heterocycles. The molecule has 0 bridgehead atoms. The van der Waals surface area contributed by atoms with E-state index in [1.807, 2.05) is 12.1 Å². The van der Waals surface area contributed by atoms with Crippen molar-refractivity contribution in [2.24, 2.45) is 0 Å². The highest BCUT2D eigenvalue weighted by Gasteiger charge is 2.29. The molecule has 0 unspecified atom stereocenters. The molecule has 2 aromatic rings. The number of ether oxygens (including phenoxy) is 1. The van der Waals surface area contributed by atoms with E-state index < -0.39 is 0 Å². The molecule has 1 N–H and O–H groups in total. The molecule has 3 rings (SSSR count). The topological polar surface area (TPSA) is 58.6 Å². The summed E-state index contributed by atoms with van der Waals surface area (Å²) in [5.74, 6) is -0.0296. The Balaban J connectivity index is 1.41. The summed E-state index contributed by atoms with van der Waals surface area (Å²) in [6.45, 7) is 2.43. The van der Waals surface area contributed by atoms with Crippen LogP contribution in [0.15, 0.2) is 41.8 Å². The van der Waals surface area contributed by atoms with E-state index in [0.717, 1.165) is 44.5 Å². The van der Waals surface area contributed by atoms with Gasteiger partial charge in [-0.05, 0) is 54.9 Å². The molecule has 6 heteroatoms. The van der Waals surface area contributed by atoms with Crippen LogP contribution in [0.2, 0.25) is 0 Å². The van der Waals surface area contributed by atoms with Crippen molar-refractivity contribution in [1.82, 2.24) is 10.2 Å². The summed E-state index contributed by atoms with van der Waals surface area (Å²) >= 11 is 1.75. The van der Waals surface area contributed by atoms with Gasteiger partial charge in [-0.2, -0.15) is 0 Å². The minimum atomic E-state index is -0.317. The van der Waals surface area contributed by atoms with Crippen molar-refractivity contribution in [2.75, 3.05) is 20.2 Å². The first-order valence-electron chi connectivity index (χ1n) is 9.37. The first-order valence-corrected chi connectivity index (χ1v) is 10.2. The molecule has 1 amide bonds. The lowest BCUT2D eigenvalue weighted by Gasteiger charge is -2.25. The zero-order valence-corrected chi connectivity index (χ0v) is 16.5. The average Bonchev–Trinajstić information content (AvgIpc) is 3.33. The number of carbonyl (C=O) groups is 2. The number of nitrogens with one attached hydrogen (secondary N) is 1. The van der Waals surface area contributed by atoms with Gasteiger partial charge in [-0.15, -0.1) is 11.3 Å². The van der Waals surface area contributed by atoms with Crippen molar-refractivity contribution in [1.29, 1.82) is 0 Å². The third-order valence-corrected chi connectivity index (χ3v) is 5.93. The zero-order valence-electron chi connectivity index (χ0n) is 15.6. The Morgan fingerprint density at radius 1 is 1.30 bits per heavy atom. The molecule has 2 heterocycles. The van der Waals surface area contributed by atoms with E-state index in [1.54, 1.807) is 23.5 Å². The molecule has 144 valence electrons. The van der Waals surface area contributed by atoms with Gasteiger partial charge in [-0.3, -0.25) is 4.79 Å². The van der Waals surface area contributed by atoms with Gasteiger partial charge in [0.05, 0.1) is 12.7 Å². The van der Waals surface area contributed by atoms with Gasteiger partial charge >= 0.3 is 5.97 Å². The maximum absolute atomic E-state index is 12.2. The highest BCUT2D eigenvalue weighted by atomic mass is 32.1. The number of carbonyl (C=O) groups excluding carboxylic acids is 2. The maximum Gasteiger partial charge on any atom is 0.337 e. The van der Waals surface area contributed by atoms with Crippen LogP contribution in [0.4, 0.5) is 0 Å². The predicted octanol–water partition coefficient (Wildman–Crippen LogP) is 3.25. The summed E-state index contributed by atoms with van der Waals surface area (Å²) < 4.78 is 4.71. The van der Waals surface area contributed by atoms with E-state index in [2.05, 4.69) is 27.7 Å². The van der Waals surface area contributed by atoms with Crippen molar-refractivity contribution in [3.63, 3.8) is 0 Å². The Morgan fingerprint density at radius 3 is 2.81 bits per heavy atom. The van der Waals surface area contributed by atoms with Crippen molar-refractivity contribution in [3.8, 4) is 0 Å². The molecule has 1 fully saturated rings. The summed E-state index contributed by atoms with van der Waals surface area (Å²) in [4.78, 5) is 27.0. The zero-order chi connectivity index (χ0) is 19.1. The molecular weight excluding hydrogens is 360 g/mol. The number of benzene rings is 1. The van der Waals surface area contributed by atoms with E-state index in [9.17, 15) is 9.59 Å². The van der Waals surface area contributed by atoms with Gasteiger partial charge in [0, 0.05) is 30.4 Å². The molecule has 0 aliphatic carbocycles. The fourth-order valence-corrected chi connectivity index (χ4v) is 4.16. The molecule has 0 radical (unpaired) electrons. The average molecular weight is 387 g/mol. The fourth-order valence-electron chi connectivity index (χ4n) is 3.46. The van der Waals surface area contributed by atoms with Gasteiger partial charge in [0.25, 0.3) is 0 Å². The Hall–Kier alpha value is -2.18. The molecule has 1 aliphatic rings. The van der Waals surface area contributed by atoms with Gasteiger partial charge in [0.2, 0.25) is 5.91 Å². The van der Waals surface area contributed by atoms with Crippen molar-refractivity contribution in [2.45, 2.75) is 38.3 Å². The van der Waals surface area contributed by atoms with Crippen LogP contribution >= 0.6 is 11.3 Å². The second-order valence-corrected chi connectivity index (χ2v) is 7.80. The summed E-state index contributed by atoms with van der Waals surface area (Å²) in [6.07, 6.45) is 3.54. The van der Waals surface area contributed by atoms with Crippen molar-refractivity contribution in [3.05, 3.63) is 57.8 Å². The molecule has 5 nitrogen and oxygen atoms in total. The predicted molar refractivity (Wildman–Crippen MR) is 107 cm³/mol. The Bertz CT molecular complexity index is 743. The van der Waals surface area contributed by atoms with E-state index >= 15 is 0 Å². The number of hydrogen-bond donors (Lipinski definition) is 1. The minimum absolute atomic E-state index is 0.287. The fraction of sp³-hybridized carbons (Fsp3) is 0.429. The molecule has 27 heavy (non-hydrogen) atoms. The quantitative estimate of drug-likeness (QED) is 0.531. The van der Waals surface area contributed by atoms with E-state index in [-0.39, 0.29) is 11.9 Å². The Labute approximate surface area is 164 Å². The van der Waals surface area contributed by atoms with Crippen LogP contribution in [0.25, 0.3) is 0 Å².